The molecule has 3 aliphatic rings. The highest BCUT2D eigenvalue weighted by Crippen LogP contribution is 2.37. The molecule has 0 aliphatic carbocycles. The number of carbonyl (C=O) groups excluding carboxylic acids is 3. The Bertz CT molecular complexity index is 452. The molecule has 5 N–H and O–H groups in total. The van der Waals surface area contributed by atoms with Gasteiger partial charge in [-0.15, -0.1) is 11.8 Å². The van der Waals surface area contributed by atoms with Gasteiger partial charge in [0.25, 0.3) is 5.91 Å². The molecule has 8 heteroatoms. The van der Waals surface area contributed by atoms with Gasteiger partial charge in [-0.2, -0.15) is 0 Å². The van der Waals surface area contributed by atoms with E-state index in [2.05, 4.69) is 5.32 Å². The quantitative estimate of drug-likeness (QED) is 0.529. The first-order valence-electron chi connectivity index (χ1n) is 6.94. The highest BCUT2D eigenvalue weighted by atomic mass is 32.2. The van der Waals surface area contributed by atoms with Crippen LogP contribution in [0.5, 0.6) is 0 Å². The zero-order chi connectivity index (χ0) is 14.3. The van der Waals surface area contributed by atoms with Crippen molar-refractivity contribution in [2.45, 2.75) is 42.8 Å². The maximum Gasteiger partial charge on any atom is 0.278 e. The standard InChI is InChI=1S/C12H18N4O3S/c13-10(17)8-5-20-9-4-7(12(19)16(8)9)15-11(18)6-2-1-3-14-6/h6-9,14H,1-5H2,(H2,13,17)(H,15,18)/p+1/t6-,7+,8+,9+/m0/s1. The van der Waals surface area contributed by atoms with Crippen LogP contribution in [0.2, 0.25) is 0 Å². The molecule has 0 aromatic carbocycles. The molecule has 3 amide bonds. The number of quaternary nitrogens is 1. The fourth-order valence-corrected chi connectivity index (χ4v) is 4.62. The van der Waals surface area contributed by atoms with Crippen molar-refractivity contribution in [3.63, 3.8) is 0 Å². The average molecular weight is 299 g/mol. The normalized spacial score (nSPS) is 36.2. The largest absolute Gasteiger partial charge is 0.368 e. The molecule has 0 saturated carbocycles. The van der Waals surface area contributed by atoms with Gasteiger partial charge in [-0.3, -0.25) is 14.4 Å². The van der Waals surface area contributed by atoms with E-state index in [4.69, 9.17) is 5.73 Å². The lowest BCUT2D eigenvalue weighted by Gasteiger charge is -2.21. The molecule has 0 aromatic rings. The number of nitrogens with one attached hydrogen (secondary N) is 1. The van der Waals surface area contributed by atoms with Gasteiger partial charge in [0.05, 0.1) is 11.9 Å². The number of hydrogen-bond donors (Lipinski definition) is 3. The van der Waals surface area contributed by atoms with E-state index in [1.165, 1.54) is 0 Å². The van der Waals surface area contributed by atoms with Crippen LogP contribution in [0.25, 0.3) is 0 Å². The summed E-state index contributed by atoms with van der Waals surface area (Å²) >= 11 is 1.56. The Labute approximate surface area is 121 Å². The predicted octanol–water partition coefficient (Wildman–Crippen LogP) is -2.64. The Morgan fingerprint density at radius 3 is 2.90 bits per heavy atom. The molecule has 3 fully saturated rings. The Hall–Kier alpha value is -1.28. The molecule has 110 valence electrons. The van der Waals surface area contributed by atoms with Crippen molar-refractivity contribution < 1.29 is 19.7 Å². The molecule has 4 atom stereocenters. The van der Waals surface area contributed by atoms with Crippen molar-refractivity contribution in [2.75, 3.05) is 12.3 Å². The van der Waals surface area contributed by atoms with Gasteiger partial charge in [0.2, 0.25) is 11.8 Å². The summed E-state index contributed by atoms with van der Waals surface area (Å²) in [6.07, 6.45) is 2.45. The van der Waals surface area contributed by atoms with E-state index < -0.39 is 18.0 Å². The molecule has 3 heterocycles. The first-order chi connectivity index (χ1) is 9.58. The molecule has 0 unspecified atom stereocenters. The van der Waals surface area contributed by atoms with E-state index in [0.29, 0.717) is 12.2 Å². The summed E-state index contributed by atoms with van der Waals surface area (Å²) in [7, 11) is 0. The van der Waals surface area contributed by atoms with Crippen LogP contribution in [-0.4, -0.2) is 58.4 Å². The van der Waals surface area contributed by atoms with E-state index >= 15 is 0 Å². The maximum atomic E-state index is 12.3. The molecule has 3 saturated heterocycles. The van der Waals surface area contributed by atoms with E-state index in [-0.39, 0.29) is 23.2 Å². The first kappa shape index (κ1) is 13.7. The summed E-state index contributed by atoms with van der Waals surface area (Å²) in [4.78, 5) is 37.3. The molecular formula is C12H19N4O3S+. The third kappa shape index (κ3) is 2.26. The zero-order valence-electron chi connectivity index (χ0n) is 11.1. The smallest absolute Gasteiger partial charge is 0.278 e. The van der Waals surface area contributed by atoms with Crippen molar-refractivity contribution in [3.8, 4) is 0 Å². The van der Waals surface area contributed by atoms with Crippen LogP contribution in [0.3, 0.4) is 0 Å². The Morgan fingerprint density at radius 1 is 1.45 bits per heavy atom. The van der Waals surface area contributed by atoms with Gasteiger partial charge in [0, 0.05) is 25.0 Å². The zero-order valence-corrected chi connectivity index (χ0v) is 11.9. The average Bonchev–Trinajstić information content (AvgIpc) is 3.09. The van der Waals surface area contributed by atoms with Crippen LogP contribution in [0, 0.1) is 0 Å². The van der Waals surface area contributed by atoms with Crippen LogP contribution >= 0.6 is 11.8 Å². The number of rotatable bonds is 3. The van der Waals surface area contributed by atoms with Crippen molar-refractivity contribution in [1.29, 1.82) is 0 Å². The first-order valence-corrected chi connectivity index (χ1v) is 7.99. The van der Waals surface area contributed by atoms with E-state index in [1.54, 1.807) is 16.7 Å². The maximum absolute atomic E-state index is 12.3. The van der Waals surface area contributed by atoms with Crippen molar-refractivity contribution in [3.05, 3.63) is 0 Å². The van der Waals surface area contributed by atoms with Crippen LogP contribution in [0.1, 0.15) is 19.3 Å². The molecule has 3 rings (SSSR count). The fraction of sp³-hybridized carbons (Fsp3) is 0.750. The molecule has 3 aliphatic heterocycles. The SMILES string of the molecule is NC(=O)[C@H]1CS[C@@H]2C[C@@H](NC(=O)[C@@H]3CCC[NH2+]3)C(=O)N12. The number of fused-ring (bicyclic) bond motifs is 1. The van der Waals surface area contributed by atoms with Crippen molar-refractivity contribution in [1.82, 2.24) is 10.2 Å². The monoisotopic (exact) mass is 299 g/mol. The van der Waals surface area contributed by atoms with Crippen LogP contribution in [-0.2, 0) is 14.4 Å². The van der Waals surface area contributed by atoms with Gasteiger partial charge in [-0.1, -0.05) is 0 Å². The molecule has 7 nitrogen and oxygen atoms in total. The third-order valence-corrected chi connectivity index (χ3v) is 5.55. The minimum Gasteiger partial charge on any atom is -0.368 e. The van der Waals surface area contributed by atoms with Crippen LogP contribution in [0.4, 0.5) is 0 Å². The lowest BCUT2D eigenvalue weighted by atomic mass is 10.2. The molecule has 20 heavy (non-hydrogen) atoms. The second kappa shape index (κ2) is 5.25. The number of hydrogen-bond acceptors (Lipinski definition) is 4. The Balaban J connectivity index is 1.64. The van der Waals surface area contributed by atoms with Crippen molar-refractivity contribution >= 4 is 29.5 Å². The number of nitrogens with zero attached hydrogens (tertiary/aromatic N) is 1. The summed E-state index contributed by atoms with van der Waals surface area (Å²) in [6, 6.07) is -1.11. The van der Waals surface area contributed by atoms with E-state index in [1.807, 2.05) is 5.32 Å². The fourth-order valence-electron chi connectivity index (χ4n) is 3.15. The second-order valence-corrected chi connectivity index (χ2v) is 6.73. The number of thioether (sulfide) groups is 1. The van der Waals surface area contributed by atoms with E-state index in [9.17, 15) is 14.4 Å². The molecule has 0 aromatic heterocycles. The highest BCUT2D eigenvalue weighted by Gasteiger charge is 2.50. The molecule has 0 bridgehead atoms. The van der Waals surface area contributed by atoms with Gasteiger partial charge in [0.15, 0.2) is 6.04 Å². The topological polar surface area (TPSA) is 109 Å². The summed E-state index contributed by atoms with van der Waals surface area (Å²) < 4.78 is 0. The number of nitrogens with two attached hydrogens (primary N) is 2. The summed E-state index contributed by atoms with van der Waals surface area (Å²) in [5, 5.41) is 4.81. The molecular weight excluding hydrogens is 280 g/mol. The van der Waals surface area contributed by atoms with Crippen LogP contribution < -0.4 is 16.4 Å². The summed E-state index contributed by atoms with van der Waals surface area (Å²) in [5.74, 6) is -0.148. The molecule has 0 spiro atoms. The van der Waals surface area contributed by atoms with Gasteiger partial charge in [-0.25, -0.2) is 0 Å². The van der Waals surface area contributed by atoms with Gasteiger partial charge in [-0.05, 0) is 0 Å². The summed E-state index contributed by atoms with van der Waals surface area (Å²) in [6.45, 7) is 0.963. The second-order valence-electron chi connectivity index (χ2n) is 5.52. The lowest BCUT2D eigenvalue weighted by Crippen LogP contribution is -2.89. The minimum absolute atomic E-state index is 0.0298. The van der Waals surface area contributed by atoms with E-state index in [0.717, 1.165) is 19.4 Å². The highest BCUT2D eigenvalue weighted by molar-refractivity contribution is 8.00. The van der Waals surface area contributed by atoms with Gasteiger partial charge >= 0.3 is 0 Å². The Morgan fingerprint density at radius 2 is 2.25 bits per heavy atom. The molecule has 0 radical (unpaired) electrons. The number of carbonyl (C=O) groups is 3. The lowest BCUT2D eigenvalue weighted by molar-refractivity contribution is -0.657. The minimum atomic E-state index is -0.530. The Kier molecular flexibility index (Phi) is 3.59. The van der Waals surface area contributed by atoms with Gasteiger partial charge < -0.3 is 21.3 Å². The van der Waals surface area contributed by atoms with Crippen LogP contribution in [0.15, 0.2) is 0 Å². The van der Waals surface area contributed by atoms with Gasteiger partial charge in [0.1, 0.15) is 12.1 Å². The number of amides is 3. The number of primary amides is 1. The third-order valence-electron chi connectivity index (χ3n) is 4.23. The summed E-state index contributed by atoms with van der Waals surface area (Å²) in [5.41, 5.74) is 5.32. The predicted molar refractivity (Wildman–Crippen MR) is 72.4 cm³/mol. The van der Waals surface area contributed by atoms with Crippen molar-refractivity contribution in [2.24, 2.45) is 5.73 Å².